The van der Waals surface area contributed by atoms with Gasteiger partial charge in [-0.25, -0.2) is 5.43 Å². The number of carbonyl (C=O) groups excluding carboxylic acids is 3. The Morgan fingerprint density at radius 3 is 2.38 bits per heavy atom. The highest BCUT2D eigenvalue weighted by molar-refractivity contribution is 6.42. The zero-order valence-corrected chi connectivity index (χ0v) is 19.3. The Kier molecular flexibility index (Phi) is 9.02. The zero-order chi connectivity index (χ0) is 24.3. The van der Waals surface area contributed by atoms with Crippen LogP contribution in [0.4, 0.5) is 5.69 Å². The van der Waals surface area contributed by atoms with Crippen LogP contribution < -0.4 is 20.8 Å². The van der Waals surface area contributed by atoms with Gasteiger partial charge in [0.25, 0.3) is 5.91 Å². The molecule has 0 radical (unpaired) electrons. The predicted octanol–water partition coefficient (Wildman–Crippen LogP) is 3.78. The van der Waals surface area contributed by atoms with E-state index in [2.05, 4.69) is 21.2 Å². The van der Waals surface area contributed by atoms with Crippen LogP contribution in [0.5, 0.6) is 5.75 Å². The Balaban J connectivity index is 1.50. The second-order valence-corrected chi connectivity index (χ2v) is 7.69. The molecule has 3 amide bonds. The Morgan fingerprint density at radius 1 is 0.882 bits per heavy atom. The van der Waals surface area contributed by atoms with Crippen molar-refractivity contribution in [2.24, 2.45) is 5.10 Å². The number of anilines is 1. The van der Waals surface area contributed by atoms with E-state index in [1.807, 2.05) is 30.3 Å². The molecule has 0 heterocycles. The molecule has 0 spiro atoms. The fourth-order valence-electron chi connectivity index (χ4n) is 2.70. The lowest BCUT2D eigenvalue weighted by molar-refractivity contribution is -0.139. The highest BCUT2D eigenvalue weighted by atomic mass is 35.5. The molecule has 0 fully saturated rings. The number of hydrazone groups is 1. The van der Waals surface area contributed by atoms with Gasteiger partial charge in [-0.3, -0.25) is 14.4 Å². The maximum Gasteiger partial charge on any atom is 0.329 e. The fraction of sp³-hybridized carbons (Fsp3) is 0.0833. The van der Waals surface area contributed by atoms with E-state index in [0.29, 0.717) is 27.0 Å². The molecule has 3 aromatic carbocycles. The predicted molar refractivity (Wildman–Crippen MR) is 131 cm³/mol. The number of nitrogens with zero attached hydrogens (tertiary/aromatic N) is 1. The van der Waals surface area contributed by atoms with Crippen LogP contribution in [0.1, 0.15) is 11.1 Å². The lowest BCUT2D eigenvalue weighted by Gasteiger charge is -2.10. The average Bonchev–Trinajstić information content (AvgIpc) is 2.84. The molecular weight excluding hydrogens is 479 g/mol. The molecule has 3 rings (SSSR count). The van der Waals surface area contributed by atoms with Crippen molar-refractivity contribution >= 4 is 52.8 Å². The molecule has 0 aliphatic rings. The van der Waals surface area contributed by atoms with Crippen molar-refractivity contribution in [3.63, 3.8) is 0 Å². The molecule has 0 aliphatic carbocycles. The topological polar surface area (TPSA) is 109 Å². The van der Waals surface area contributed by atoms with Crippen LogP contribution in [0.25, 0.3) is 0 Å². The van der Waals surface area contributed by atoms with E-state index in [0.717, 1.165) is 5.56 Å². The van der Waals surface area contributed by atoms with Gasteiger partial charge in [0.05, 0.1) is 16.3 Å². The summed E-state index contributed by atoms with van der Waals surface area (Å²) in [5, 5.41) is 9.66. The maximum atomic E-state index is 12.2. The molecule has 0 bridgehead atoms. The summed E-state index contributed by atoms with van der Waals surface area (Å²) >= 11 is 11.8. The molecule has 3 N–H and O–H groups in total. The minimum Gasteiger partial charge on any atom is -0.483 e. The minimum atomic E-state index is -0.911. The Bertz CT molecular complexity index is 1200. The number of benzene rings is 3. The van der Waals surface area contributed by atoms with Crippen molar-refractivity contribution in [2.75, 3.05) is 11.9 Å². The molecule has 0 saturated carbocycles. The van der Waals surface area contributed by atoms with E-state index in [1.54, 1.807) is 36.4 Å². The van der Waals surface area contributed by atoms with Gasteiger partial charge in [-0.1, -0.05) is 65.7 Å². The van der Waals surface area contributed by atoms with Gasteiger partial charge in [0.15, 0.2) is 6.61 Å². The standard InChI is InChI=1S/C24H20Cl2N4O4/c25-19-11-10-18(12-20(19)26)29-22(31)15-34-21-9-5-4-8-17(21)14-28-30-24(33)23(32)27-13-16-6-2-1-3-7-16/h1-12,14H,13,15H2,(H,27,32)(H,29,31)(H,30,33)/b28-14-. The van der Waals surface area contributed by atoms with E-state index >= 15 is 0 Å². The van der Waals surface area contributed by atoms with E-state index in [4.69, 9.17) is 27.9 Å². The number of ether oxygens (including phenoxy) is 1. The Labute approximate surface area is 205 Å². The molecule has 0 aliphatic heterocycles. The molecule has 0 saturated heterocycles. The number of hydrogen-bond donors (Lipinski definition) is 3. The third-order valence-electron chi connectivity index (χ3n) is 4.35. The van der Waals surface area contributed by atoms with E-state index < -0.39 is 17.7 Å². The summed E-state index contributed by atoms with van der Waals surface area (Å²) in [6, 6.07) is 20.7. The molecule has 3 aromatic rings. The highest BCUT2D eigenvalue weighted by Gasteiger charge is 2.12. The summed E-state index contributed by atoms with van der Waals surface area (Å²) in [5.74, 6) is -1.78. The van der Waals surface area contributed by atoms with Gasteiger partial charge in [-0.2, -0.15) is 5.10 Å². The van der Waals surface area contributed by atoms with Crippen molar-refractivity contribution in [2.45, 2.75) is 6.54 Å². The third-order valence-corrected chi connectivity index (χ3v) is 5.09. The number of halogens is 2. The number of hydrogen-bond acceptors (Lipinski definition) is 5. The van der Waals surface area contributed by atoms with Crippen LogP contribution in [-0.4, -0.2) is 30.5 Å². The van der Waals surface area contributed by atoms with Crippen LogP contribution in [0.15, 0.2) is 77.9 Å². The normalized spacial score (nSPS) is 10.5. The minimum absolute atomic E-state index is 0.220. The molecule has 34 heavy (non-hydrogen) atoms. The fourth-order valence-corrected chi connectivity index (χ4v) is 3.00. The first-order chi connectivity index (χ1) is 16.4. The van der Waals surface area contributed by atoms with Gasteiger partial charge in [0, 0.05) is 17.8 Å². The first-order valence-corrected chi connectivity index (χ1v) is 10.8. The molecule has 174 valence electrons. The molecule has 8 nitrogen and oxygen atoms in total. The van der Waals surface area contributed by atoms with Crippen LogP contribution in [0.2, 0.25) is 10.0 Å². The SMILES string of the molecule is O=C(COc1ccccc1/C=N\NC(=O)C(=O)NCc1ccccc1)Nc1ccc(Cl)c(Cl)c1. The first kappa shape index (κ1) is 24.8. The number of para-hydroxylation sites is 1. The maximum absolute atomic E-state index is 12.2. The molecule has 0 unspecified atom stereocenters. The number of rotatable bonds is 8. The van der Waals surface area contributed by atoms with Crippen LogP contribution in [-0.2, 0) is 20.9 Å². The summed E-state index contributed by atoms with van der Waals surface area (Å²) < 4.78 is 5.56. The van der Waals surface area contributed by atoms with Crippen LogP contribution in [0.3, 0.4) is 0 Å². The van der Waals surface area contributed by atoms with Crippen molar-refractivity contribution < 1.29 is 19.1 Å². The van der Waals surface area contributed by atoms with Crippen LogP contribution in [0, 0.1) is 0 Å². The number of carbonyl (C=O) groups is 3. The van der Waals surface area contributed by atoms with E-state index in [1.165, 1.54) is 12.3 Å². The highest BCUT2D eigenvalue weighted by Crippen LogP contribution is 2.25. The van der Waals surface area contributed by atoms with Gasteiger partial charge in [0.2, 0.25) is 0 Å². The lowest BCUT2D eigenvalue weighted by Crippen LogP contribution is -2.37. The largest absolute Gasteiger partial charge is 0.483 e. The molecule has 0 aromatic heterocycles. The summed E-state index contributed by atoms with van der Waals surface area (Å²) in [6.45, 7) is -0.0584. The third kappa shape index (κ3) is 7.61. The first-order valence-electron chi connectivity index (χ1n) is 10.0. The van der Waals surface area contributed by atoms with Crippen molar-refractivity contribution in [1.29, 1.82) is 0 Å². The second-order valence-electron chi connectivity index (χ2n) is 6.87. The number of amides is 3. The molecule has 0 atom stereocenters. The van der Waals surface area contributed by atoms with Gasteiger partial charge in [0.1, 0.15) is 5.75 Å². The summed E-state index contributed by atoms with van der Waals surface area (Å²) in [6.07, 6.45) is 1.31. The Morgan fingerprint density at radius 2 is 1.62 bits per heavy atom. The van der Waals surface area contributed by atoms with Gasteiger partial charge in [-0.05, 0) is 35.9 Å². The van der Waals surface area contributed by atoms with Gasteiger partial charge in [-0.15, -0.1) is 0 Å². The Hall–Kier alpha value is -3.88. The van der Waals surface area contributed by atoms with E-state index in [-0.39, 0.29) is 13.2 Å². The van der Waals surface area contributed by atoms with Crippen molar-refractivity contribution in [1.82, 2.24) is 10.7 Å². The lowest BCUT2D eigenvalue weighted by atomic mass is 10.2. The monoisotopic (exact) mass is 498 g/mol. The summed E-state index contributed by atoms with van der Waals surface area (Å²) in [7, 11) is 0. The molecule has 10 heteroatoms. The number of nitrogens with one attached hydrogen (secondary N) is 3. The van der Waals surface area contributed by atoms with Crippen molar-refractivity contribution in [3.05, 3.63) is 94.0 Å². The van der Waals surface area contributed by atoms with Gasteiger partial charge < -0.3 is 15.4 Å². The smallest absolute Gasteiger partial charge is 0.329 e. The quantitative estimate of drug-likeness (QED) is 0.249. The summed E-state index contributed by atoms with van der Waals surface area (Å²) in [5.41, 5.74) is 4.00. The average molecular weight is 499 g/mol. The van der Waals surface area contributed by atoms with Gasteiger partial charge >= 0.3 is 11.8 Å². The van der Waals surface area contributed by atoms with Crippen molar-refractivity contribution in [3.8, 4) is 5.75 Å². The van der Waals surface area contributed by atoms with E-state index in [9.17, 15) is 14.4 Å². The molecular formula is C24H20Cl2N4O4. The van der Waals surface area contributed by atoms with Crippen LogP contribution >= 0.6 is 23.2 Å². The second kappa shape index (κ2) is 12.4. The summed E-state index contributed by atoms with van der Waals surface area (Å²) in [4.78, 5) is 36.0. The zero-order valence-electron chi connectivity index (χ0n) is 17.8.